The lowest BCUT2D eigenvalue weighted by Gasteiger charge is -2.35. The molecule has 0 saturated carbocycles. The van der Waals surface area contributed by atoms with Gasteiger partial charge in [-0.05, 0) is 43.5 Å². The van der Waals surface area contributed by atoms with Gasteiger partial charge in [0.2, 0.25) is 0 Å². The first-order valence-electron chi connectivity index (χ1n) is 9.61. The molecule has 0 radical (unpaired) electrons. The van der Waals surface area contributed by atoms with Crippen LogP contribution in [-0.4, -0.2) is 29.1 Å². The van der Waals surface area contributed by atoms with Crippen LogP contribution in [0.5, 0.6) is 5.75 Å². The summed E-state index contributed by atoms with van der Waals surface area (Å²) in [6.07, 6.45) is 1.72. The highest BCUT2D eigenvalue weighted by Gasteiger charge is 2.32. The number of carbonyl (C=O) groups is 1. The van der Waals surface area contributed by atoms with Crippen molar-refractivity contribution in [3.63, 3.8) is 0 Å². The number of fused-ring (bicyclic) bond motifs is 3. The normalized spacial score (nSPS) is 16.2. The molecular formula is C22H25N3O2. The number of para-hydroxylation sites is 3. The van der Waals surface area contributed by atoms with Crippen LogP contribution in [0.25, 0.3) is 10.9 Å². The summed E-state index contributed by atoms with van der Waals surface area (Å²) in [5.41, 5.74) is 4.36. The Morgan fingerprint density at radius 1 is 1.19 bits per heavy atom. The Morgan fingerprint density at radius 2 is 1.96 bits per heavy atom. The molecule has 2 aromatic carbocycles. The number of hydrogen-bond donors (Lipinski definition) is 2. The Morgan fingerprint density at radius 3 is 2.78 bits per heavy atom. The maximum atomic E-state index is 13.1. The number of hydrogen-bond acceptors (Lipinski definition) is 2. The summed E-state index contributed by atoms with van der Waals surface area (Å²) in [4.78, 5) is 18.5. The Hall–Kier alpha value is -2.95. The van der Waals surface area contributed by atoms with Crippen LogP contribution in [0.3, 0.4) is 0 Å². The number of ether oxygens (including phenoxy) is 1. The average Bonchev–Trinajstić information content (AvgIpc) is 3.07. The van der Waals surface area contributed by atoms with E-state index in [-0.39, 0.29) is 12.1 Å². The van der Waals surface area contributed by atoms with E-state index in [1.54, 1.807) is 0 Å². The van der Waals surface area contributed by atoms with Crippen molar-refractivity contribution < 1.29 is 9.53 Å². The molecule has 140 valence electrons. The molecule has 2 N–H and O–H groups in total. The fourth-order valence-electron chi connectivity index (χ4n) is 4.02. The molecule has 0 saturated heterocycles. The number of anilines is 1. The molecule has 1 atom stereocenters. The molecule has 0 bridgehead atoms. The second-order valence-electron chi connectivity index (χ2n) is 6.79. The molecule has 1 aliphatic rings. The van der Waals surface area contributed by atoms with Gasteiger partial charge < -0.3 is 19.9 Å². The summed E-state index contributed by atoms with van der Waals surface area (Å²) < 4.78 is 5.64. The summed E-state index contributed by atoms with van der Waals surface area (Å²) >= 11 is 0. The van der Waals surface area contributed by atoms with Gasteiger partial charge >= 0.3 is 6.03 Å². The highest BCUT2D eigenvalue weighted by Crippen LogP contribution is 2.36. The van der Waals surface area contributed by atoms with Gasteiger partial charge in [0.1, 0.15) is 5.75 Å². The number of H-pyrrole nitrogens is 1. The smallest absolute Gasteiger partial charge is 0.322 e. The lowest BCUT2D eigenvalue weighted by Crippen LogP contribution is -2.42. The van der Waals surface area contributed by atoms with Gasteiger partial charge in [0.15, 0.2) is 0 Å². The third kappa shape index (κ3) is 3.14. The van der Waals surface area contributed by atoms with Gasteiger partial charge in [-0.2, -0.15) is 0 Å². The zero-order chi connectivity index (χ0) is 18.8. The Labute approximate surface area is 159 Å². The molecule has 2 heterocycles. The van der Waals surface area contributed by atoms with Gasteiger partial charge in [0, 0.05) is 23.1 Å². The van der Waals surface area contributed by atoms with Crippen LogP contribution in [0.15, 0.2) is 48.5 Å². The van der Waals surface area contributed by atoms with E-state index in [9.17, 15) is 4.79 Å². The van der Waals surface area contributed by atoms with Gasteiger partial charge in [0.05, 0.1) is 18.3 Å². The van der Waals surface area contributed by atoms with E-state index in [4.69, 9.17) is 4.74 Å². The summed E-state index contributed by atoms with van der Waals surface area (Å²) in [5.74, 6) is 0.699. The number of amides is 2. The molecule has 2 amide bonds. The van der Waals surface area contributed by atoms with E-state index in [0.717, 1.165) is 24.1 Å². The van der Waals surface area contributed by atoms with Gasteiger partial charge in [-0.1, -0.05) is 37.3 Å². The summed E-state index contributed by atoms with van der Waals surface area (Å²) in [5, 5.41) is 4.31. The number of nitrogens with zero attached hydrogens (tertiary/aromatic N) is 1. The molecule has 1 aliphatic heterocycles. The maximum Gasteiger partial charge on any atom is 0.322 e. The number of carbonyl (C=O) groups excluding carboxylic acids is 1. The number of aromatic nitrogens is 1. The molecule has 4 rings (SSSR count). The van der Waals surface area contributed by atoms with E-state index in [0.29, 0.717) is 24.6 Å². The first kappa shape index (κ1) is 17.5. The minimum atomic E-state index is -0.0849. The SMILES string of the molecule is CCOc1ccccc1NC(=O)N1CCc2c([nH]c3ccccc23)[C@H]1CC. The summed E-state index contributed by atoms with van der Waals surface area (Å²) in [6.45, 7) is 5.33. The number of aromatic amines is 1. The molecule has 1 aromatic heterocycles. The molecular weight excluding hydrogens is 338 g/mol. The van der Waals surface area contributed by atoms with Crippen molar-refractivity contribution in [3.05, 3.63) is 59.8 Å². The minimum Gasteiger partial charge on any atom is -0.492 e. The summed E-state index contributed by atoms with van der Waals surface area (Å²) in [6, 6.07) is 15.9. The molecule has 5 heteroatoms. The number of benzene rings is 2. The lowest BCUT2D eigenvalue weighted by molar-refractivity contribution is 0.179. The maximum absolute atomic E-state index is 13.1. The Bertz CT molecular complexity index is 963. The van der Waals surface area contributed by atoms with Crippen molar-refractivity contribution in [2.75, 3.05) is 18.5 Å². The second-order valence-corrected chi connectivity index (χ2v) is 6.79. The molecule has 0 aliphatic carbocycles. The van der Waals surface area contributed by atoms with E-state index >= 15 is 0 Å². The fourth-order valence-corrected chi connectivity index (χ4v) is 4.02. The Kier molecular flexibility index (Phi) is 4.75. The van der Waals surface area contributed by atoms with Gasteiger partial charge in [-0.25, -0.2) is 4.79 Å². The quantitative estimate of drug-likeness (QED) is 0.677. The molecule has 0 unspecified atom stereocenters. The van der Waals surface area contributed by atoms with Crippen molar-refractivity contribution in [1.82, 2.24) is 9.88 Å². The highest BCUT2D eigenvalue weighted by molar-refractivity contribution is 5.92. The zero-order valence-electron chi connectivity index (χ0n) is 15.8. The average molecular weight is 363 g/mol. The van der Waals surface area contributed by atoms with Crippen LogP contribution in [0.4, 0.5) is 10.5 Å². The highest BCUT2D eigenvalue weighted by atomic mass is 16.5. The number of nitrogens with one attached hydrogen (secondary N) is 2. The van der Waals surface area contributed by atoms with E-state index in [2.05, 4.69) is 35.4 Å². The van der Waals surface area contributed by atoms with Crippen molar-refractivity contribution in [3.8, 4) is 5.75 Å². The molecule has 0 spiro atoms. The zero-order valence-corrected chi connectivity index (χ0v) is 15.8. The van der Waals surface area contributed by atoms with Gasteiger partial charge in [-0.15, -0.1) is 0 Å². The Balaban J connectivity index is 1.62. The van der Waals surface area contributed by atoms with Gasteiger partial charge in [0.25, 0.3) is 0 Å². The minimum absolute atomic E-state index is 0.0420. The van der Waals surface area contributed by atoms with Crippen LogP contribution >= 0.6 is 0 Å². The third-order valence-corrected chi connectivity index (χ3v) is 5.23. The van der Waals surface area contributed by atoms with Crippen LogP contribution < -0.4 is 10.1 Å². The predicted octanol–water partition coefficient (Wildman–Crippen LogP) is 5.11. The largest absolute Gasteiger partial charge is 0.492 e. The van der Waals surface area contributed by atoms with Crippen molar-refractivity contribution in [2.45, 2.75) is 32.7 Å². The van der Waals surface area contributed by atoms with Crippen molar-refractivity contribution in [1.29, 1.82) is 0 Å². The standard InChI is InChI=1S/C22H25N3O2/c1-3-19-21-16(15-9-5-6-10-17(15)23-21)13-14-25(19)22(26)24-18-11-7-8-12-20(18)27-4-2/h5-12,19,23H,3-4,13-14H2,1-2H3,(H,24,26)/t19-/m1/s1. The predicted molar refractivity (Wildman–Crippen MR) is 108 cm³/mol. The monoisotopic (exact) mass is 363 g/mol. The topological polar surface area (TPSA) is 57.4 Å². The van der Waals surface area contributed by atoms with Crippen molar-refractivity contribution >= 4 is 22.6 Å². The van der Waals surface area contributed by atoms with E-state index in [1.807, 2.05) is 42.2 Å². The molecule has 5 nitrogen and oxygen atoms in total. The second kappa shape index (κ2) is 7.35. The molecule has 27 heavy (non-hydrogen) atoms. The number of rotatable bonds is 4. The molecule has 0 fully saturated rings. The number of urea groups is 1. The van der Waals surface area contributed by atoms with E-state index in [1.165, 1.54) is 10.9 Å². The van der Waals surface area contributed by atoms with Crippen LogP contribution in [0, 0.1) is 0 Å². The lowest BCUT2D eigenvalue weighted by atomic mass is 9.96. The van der Waals surface area contributed by atoms with Crippen LogP contribution in [0.2, 0.25) is 0 Å². The third-order valence-electron chi connectivity index (χ3n) is 5.23. The van der Waals surface area contributed by atoms with Crippen LogP contribution in [-0.2, 0) is 6.42 Å². The van der Waals surface area contributed by atoms with Gasteiger partial charge in [-0.3, -0.25) is 0 Å². The first-order valence-corrected chi connectivity index (χ1v) is 9.61. The first-order chi connectivity index (χ1) is 13.2. The van der Waals surface area contributed by atoms with E-state index < -0.39 is 0 Å². The van der Waals surface area contributed by atoms with Crippen LogP contribution in [0.1, 0.15) is 37.6 Å². The molecule has 3 aromatic rings. The fraction of sp³-hybridized carbons (Fsp3) is 0.318. The summed E-state index contributed by atoms with van der Waals surface area (Å²) in [7, 11) is 0. The van der Waals surface area contributed by atoms with Crippen molar-refractivity contribution in [2.24, 2.45) is 0 Å².